The standard InChI is InChI=1S/C11H14O4/c1-6(7-4-5-7)8-9(12)14-11(2,3)15-10(8)13/h7H,4-5H2,1-3H3. The van der Waals surface area contributed by atoms with Crippen LogP contribution in [0, 0.1) is 5.92 Å². The van der Waals surface area contributed by atoms with Crippen molar-refractivity contribution in [1.82, 2.24) is 0 Å². The van der Waals surface area contributed by atoms with Gasteiger partial charge in [0.2, 0.25) is 0 Å². The van der Waals surface area contributed by atoms with Crippen LogP contribution in [0.5, 0.6) is 0 Å². The predicted octanol–water partition coefficient (Wildman–Crippen LogP) is 1.55. The van der Waals surface area contributed by atoms with E-state index in [-0.39, 0.29) is 5.57 Å². The fourth-order valence-corrected chi connectivity index (χ4v) is 1.70. The number of hydrogen-bond acceptors (Lipinski definition) is 4. The molecule has 0 aromatic rings. The summed E-state index contributed by atoms with van der Waals surface area (Å²) in [5.41, 5.74) is 0.900. The summed E-state index contributed by atoms with van der Waals surface area (Å²) in [6, 6.07) is 0. The van der Waals surface area contributed by atoms with Gasteiger partial charge in [0.15, 0.2) is 0 Å². The van der Waals surface area contributed by atoms with Crippen molar-refractivity contribution in [3.8, 4) is 0 Å². The molecule has 4 heteroatoms. The molecule has 0 radical (unpaired) electrons. The van der Waals surface area contributed by atoms with Crippen molar-refractivity contribution in [2.45, 2.75) is 39.4 Å². The van der Waals surface area contributed by atoms with E-state index in [0.717, 1.165) is 18.4 Å². The van der Waals surface area contributed by atoms with Gasteiger partial charge < -0.3 is 9.47 Å². The summed E-state index contributed by atoms with van der Waals surface area (Å²) < 4.78 is 10.0. The smallest absolute Gasteiger partial charge is 0.348 e. The highest BCUT2D eigenvalue weighted by molar-refractivity contribution is 6.16. The Morgan fingerprint density at radius 3 is 2.07 bits per heavy atom. The van der Waals surface area contributed by atoms with E-state index in [1.54, 1.807) is 20.8 Å². The minimum atomic E-state index is -1.14. The number of hydrogen-bond donors (Lipinski definition) is 0. The van der Waals surface area contributed by atoms with Gasteiger partial charge in [0.05, 0.1) is 0 Å². The Morgan fingerprint density at radius 2 is 1.67 bits per heavy atom. The van der Waals surface area contributed by atoms with Crippen LogP contribution in [0.15, 0.2) is 11.1 Å². The molecule has 0 N–H and O–H groups in total. The van der Waals surface area contributed by atoms with Crippen molar-refractivity contribution >= 4 is 11.9 Å². The summed E-state index contributed by atoms with van der Waals surface area (Å²) in [6.45, 7) is 4.89. The van der Waals surface area contributed by atoms with Crippen LogP contribution in [0.2, 0.25) is 0 Å². The van der Waals surface area contributed by atoms with Crippen molar-refractivity contribution in [1.29, 1.82) is 0 Å². The predicted molar refractivity (Wildman–Crippen MR) is 51.7 cm³/mol. The molecule has 0 unspecified atom stereocenters. The molecule has 0 amide bonds. The summed E-state index contributed by atoms with van der Waals surface area (Å²) >= 11 is 0. The molecule has 0 aromatic heterocycles. The summed E-state index contributed by atoms with van der Waals surface area (Å²) in [5.74, 6) is -1.88. The van der Waals surface area contributed by atoms with Crippen molar-refractivity contribution in [2.24, 2.45) is 5.92 Å². The maximum Gasteiger partial charge on any atom is 0.348 e. The number of ether oxygens (including phenoxy) is 2. The molecule has 1 saturated carbocycles. The Balaban J connectivity index is 2.31. The van der Waals surface area contributed by atoms with Gasteiger partial charge in [0, 0.05) is 13.8 Å². The van der Waals surface area contributed by atoms with Crippen molar-refractivity contribution in [3.05, 3.63) is 11.1 Å². The Bertz CT molecular complexity index is 339. The van der Waals surface area contributed by atoms with Crippen molar-refractivity contribution in [2.75, 3.05) is 0 Å². The van der Waals surface area contributed by atoms with Gasteiger partial charge >= 0.3 is 11.9 Å². The molecule has 1 aliphatic heterocycles. The Kier molecular flexibility index (Phi) is 2.10. The number of allylic oxidation sites excluding steroid dienone is 1. The normalized spacial score (nSPS) is 24.6. The molecular formula is C11H14O4. The lowest BCUT2D eigenvalue weighted by Crippen LogP contribution is -2.42. The average Bonchev–Trinajstić information content (AvgIpc) is 2.80. The lowest BCUT2D eigenvalue weighted by molar-refractivity contribution is -0.222. The first-order valence-corrected chi connectivity index (χ1v) is 5.08. The van der Waals surface area contributed by atoms with Gasteiger partial charge in [-0.25, -0.2) is 9.59 Å². The maximum atomic E-state index is 11.6. The van der Waals surface area contributed by atoms with E-state index in [1.807, 2.05) is 0 Å². The number of rotatable bonds is 1. The van der Waals surface area contributed by atoms with Gasteiger partial charge in [0.25, 0.3) is 5.79 Å². The zero-order valence-electron chi connectivity index (χ0n) is 9.12. The van der Waals surface area contributed by atoms with E-state index in [1.165, 1.54) is 0 Å². The molecule has 1 aliphatic carbocycles. The van der Waals surface area contributed by atoms with Gasteiger partial charge in [-0.1, -0.05) is 0 Å². The number of carbonyl (C=O) groups excluding carboxylic acids is 2. The van der Waals surface area contributed by atoms with Gasteiger partial charge in [-0.2, -0.15) is 0 Å². The lowest BCUT2D eigenvalue weighted by atomic mass is 10.0. The van der Waals surface area contributed by atoms with Crippen LogP contribution in [0.1, 0.15) is 33.6 Å². The quantitative estimate of drug-likeness (QED) is 0.374. The van der Waals surface area contributed by atoms with Crippen LogP contribution in [-0.2, 0) is 19.1 Å². The monoisotopic (exact) mass is 210 g/mol. The summed E-state index contributed by atoms with van der Waals surface area (Å²) in [4.78, 5) is 23.2. The maximum absolute atomic E-state index is 11.6. The van der Waals surface area contributed by atoms with E-state index in [0.29, 0.717) is 5.92 Å². The lowest BCUT2D eigenvalue weighted by Gasteiger charge is -2.30. The fourth-order valence-electron chi connectivity index (χ4n) is 1.70. The molecule has 2 aliphatic rings. The van der Waals surface area contributed by atoms with Gasteiger partial charge in [-0.15, -0.1) is 0 Å². The zero-order chi connectivity index (χ0) is 11.2. The average molecular weight is 210 g/mol. The summed E-state index contributed by atoms with van der Waals surface area (Å²) in [7, 11) is 0. The number of carbonyl (C=O) groups is 2. The fraction of sp³-hybridized carbons (Fsp3) is 0.636. The van der Waals surface area contributed by atoms with Crippen LogP contribution in [0.4, 0.5) is 0 Å². The van der Waals surface area contributed by atoms with E-state index < -0.39 is 17.7 Å². The van der Waals surface area contributed by atoms with Gasteiger partial charge in [0.1, 0.15) is 5.57 Å². The molecular weight excluding hydrogens is 196 g/mol. The third-order valence-corrected chi connectivity index (χ3v) is 2.67. The highest BCUT2D eigenvalue weighted by atomic mass is 16.7. The Morgan fingerprint density at radius 1 is 1.20 bits per heavy atom. The molecule has 2 rings (SSSR count). The highest BCUT2D eigenvalue weighted by Gasteiger charge is 2.42. The first kappa shape index (κ1) is 10.2. The van der Waals surface area contributed by atoms with Crippen LogP contribution in [-0.4, -0.2) is 17.7 Å². The van der Waals surface area contributed by atoms with Gasteiger partial charge in [-0.05, 0) is 31.3 Å². The second-order valence-electron chi connectivity index (χ2n) is 4.51. The molecule has 15 heavy (non-hydrogen) atoms. The van der Waals surface area contributed by atoms with E-state index >= 15 is 0 Å². The number of cyclic esters (lactones) is 2. The SMILES string of the molecule is CC(=C1C(=O)OC(C)(C)OC1=O)C1CC1. The summed E-state index contributed by atoms with van der Waals surface area (Å²) in [5, 5.41) is 0. The highest BCUT2D eigenvalue weighted by Crippen LogP contribution is 2.39. The topological polar surface area (TPSA) is 52.6 Å². The largest absolute Gasteiger partial charge is 0.419 e. The molecule has 4 nitrogen and oxygen atoms in total. The number of esters is 2. The molecule has 2 fully saturated rings. The Hall–Kier alpha value is -1.32. The minimum Gasteiger partial charge on any atom is -0.419 e. The van der Waals surface area contributed by atoms with Crippen molar-refractivity contribution < 1.29 is 19.1 Å². The van der Waals surface area contributed by atoms with Crippen LogP contribution in [0.3, 0.4) is 0 Å². The molecule has 0 spiro atoms. The molecule has 1 saturated heterocycles. The molecule has 0 aromatic carbocycles. The molecule has 0 atom stereocenters. The minimum absolute atomic E-state index is 0.0943. The third kappa shape index (κ3) is 1.89. The second kappa shape index (κ2) is 3.08. The van der Waals surface area contributed by atoms with Crippen molar-refractivity contribution in [3.63, 3.8) is 0 Å². The summed E-state index contributed by atoms with van der Waals surface area (Å²) in [6.07, 6.45) is 2.08. The van der Waals surface area contributed by atoms with Crippen LogP contribution >= 0.6 is 0 Å². The second-order valence-corrected chi connectivity index (χ2v) is 4.51. The van der Waals surface area contributed by atoms with Crippen LogP contribution < -0.4 is 0 Å². The molecule has 82 valence electrons. The van der Waals surface area contributed by atoms with Crippen LogP contribution in [0.25, 0.3) is 0 Å². The molecule has 1 heterocycles. The first-order chi connectivity index (χ1) is 6.91. The zero-order valence-corrected chi connectivity index (χ0v) is 9.12. The van der Waals surface area contributed by atoms with E-state index in [2.05, 4.69) is 0 Å². The third-order valence-electron chi connectivity index (χ3n) is 2.67. The van der Waals surface area contributed by atoms with Gasteiger partial charge in [-0.3, -0.25) is 0 Å². The Labute approximate surface area is 88.2 Å². The van der Waals surface area contributed by atoms with E-state index in [9.17, 15) is 9.59 Å². The first-order valence-electron chi connectivity index (χ1n) is 5.08. The van der Waals surface area contributed by atoms with E-state index in [4.69, 9.17) is 9.47 Å². The molecule has 0 bridgehead atoms.